The van der Waals surface area contributed by atoms with Crippen LogP contribution in [0.4, 0.5) is 0 Å². The van der Waals surface area contributed by atoms with Gasteiger partial charge in [-0.15, -0.1) is 10.2 Å². The highest BCUT2D eigenvalue weighted by molar-refractivity contribution is 8.01. The van der Waals surface area contributed by atoms with E-state index in [0.717, 1.165) is 9.35 Å². The van der Waals surface area contributed by atoms with Gasteiger partial charge in [0.15, 0.2) is 4.34 Å². The third-order valence-electron chi connectivity index (χ3n) is 1.39. The van der Waals surface area contributed by atoms with Crippen molar-refractivity contribution in [3.05, 3.63) is 5.01 Å². The van der Waals surface area contributed by atoms with Crippen molar-refractivity contribution >= 4 is 29.1 Å². The summed E-state index contributed by atoms with van der Waals surface area (Å²) in [4.78, 5) is 10.5. The molecule has 1 rings (SSSR count). The van der Waals surface area contributed by atoms with Gasteiger partial charge in [-0.05, 0) is 6.92 Å². The molecule has 0 saturated carbocycles. The summed E-state index contributed by atoms with van der Waals surface area (Å²) < 4.78 is 0.839. The predicted octanol–water partition coefficient (Wildman–Crippen LogP) is 1.66. The molecule has 1 heterocycles. The summed E-state index contributed by atoms with van der Waals surface area (Å²) in [6, 6.07) is 0. The van der Waals surface area contributed by atoms with Gasteiger partial charge in [-0.2, -0.15) is 0 Å². The molecule has 0 bridgehead atoms. The van der Waals surface area contributed by atoms with E-state index in [1.54, 1.807) is 6.92 Å². The summed E-state index contributed by atoms with van der Waals surface area (Å²) in [6.45, 7) is 3.56. The van der Waals surface area contributed by atoms with Crippen molar-refractivity contribution < 1.29 is 9.90 Å². The van der Waals surface area contributed by atoms with E-state index in [1.165, 1.54) is 23.1 Å². The highest BCUT2D eigenvalue weighted by Gasteiger charge is 2.12. The molecular formula is C7H10N2O2S2. The Labute approximate surface area is 84.4 Å². The highest BCUT2D eigenvalue weighted by atomic mass is 32.2. The van der Waals surface area contributed by atoms with Crippen LogP contribution in [0, 0.1) is 12.8 Å². The van der Waals surface area contributed by atoms with Crippen LogP contribution in [0.5, 0.6) is 0 Å². The minimum Gasteiger partial charge on any atom is -0.481 e. The van der Waals surface area contributed by atoms with Gasteiger partial charge in [0.1, 0.15) is 5.01 Å². The number of aryl methyl sites for hydroxylation is 1. The summed E-state index contributed by atoms with van der Waals surface area (Å²) >= 11 is 2.93. The summed E-state index contributed by atoms with van der Waals surface area (Å²) in [6.07, 6.45) is 0. The highest BCUT2D eigenvalue weighted by Crippen LogP contribution is 2.23. The molecule has 1 atom stereocenters. The Kier molecular flexibility index (Phi) is 3.68. The van der Waals surface area contributed by atoms with Crippen LogP contribution in [-0.4, -0.2) is 27.0 Å². The minimum atomic E-state index is -0.770. The van der Waals surface area contributed by atoms with E-state index in [9.17, 15) is 4.79 Å². The standard InChI is InChI=1S/C7H10N2O2S2/c1-4(6(10)11)3-12-7-9-8-5(2)13-7/h4H,3H2,1-2H3,(H,10,11). The van der Waals surface area contributed by atoms with Gasteiger partial charge in [0.05, 0.1) is 5.92 Å². The SMILES string of the molecule is Cc1nnc(SCC(C)C(=O)O)s1. The number of carboxylic acid groups (broad SMARTS) is 1. The molecule has 4 nitrogen and oxygen atoms in total. The number of aromatic nitrogens is 2. The quantitative estimate of drug-likeness (QED) is 0.779. The van der Waals surface area contributed by atoms with Gasteiger partial charge in [0.2, 0.25) is 0 Å². The Hall–Kier alpha value is -0.620. The molecule has 1 unspecified atom stereocenters. The van der Waals surface area contributed by atoms with Crippen molar-refractivity contribution in [1.29, 1.82) is 0 Å². The third-order valence-corrected chi connectivity index (χ3v) is 3.62. The first-order chi connectivity index (χ1) is 6.09. The molecule has 0 amide bonds. The topological polar surface area (TPSA) is 63.1 Å². The zero-order valence-electron chi connectivity index (χ0n) is 7.35. The Balaban J connectivity index is 2.39. The second-order valence-electron chi connectivity index (χ2n) is 2.64. The number of hydrogen-bond acceptors (Lipinski definition) is 5. The van der Waals surface area contributed by atoms with E-state index in [4.69, 9.17) is 5.11 Å². The second kappa shape index (κ2) is 4.57. The lowest BCUT2D eigenvalue weighted by atomic mass is 10.2. The zero-order chi connectivity index (χ0) is 9.84. The van der Waals surface area contributed by atoms with Crippen LogP contribution < -0.4 is 0 Å². The molecule has 0 fully saturated rings. The Bertz CT molecular complexity index is 300. The van der Waals surface area contributed by atoms with Gasteiger partial charge >= 0.3 is 5.97 Å². The molecule has 1 N–H and O–H groups in total. The van der Waals surface area contributed by atoms with Crippen LogP contribution in [0.25, 0.3) is 0 Å². The molecule has 1 aromatic rings. The molecule has 0 aliphatic heterocycles. The van der Waals surface area contributed by atoms with E-state index in [2.05, 4.69) is 10.2 Å². The van der Waals surface area contributed by atoms with E-state index in [-0.39, 0.29) is 5.92 Å². The maximum absolute atomic E-state index is 10.5. The molecule has 0 aliphatic rings. The Morgan fingerprint density at radius 1 is 1.69 bits per heavy atom. The van der Waals surface area contributed by atoms with Gasteiger partial charge in [0.25, 0.3) is 0 Å². The van der Waals surface area contributed by atoms with Crippen molar-refractivity contribution in [3.63, 3.8) is 0 Å². The van der Waals surface area contributed by atoms with E-state index < -0.39 is 5.97 Å². The fourth-order valence-electron chi connectivity index (χ4n) is 0.604. The second-order valence-corrected chi connectivity index (χ2v) is 5.09. The van der Waals surface area contributed by atoms with Crippen molar-refractivity contribution in [2.75, 3.05) is 5.75 Å². The smallest absolute Gasteiger partial charge is 0.307 e. The van der Waals surface area contributed by atoms with Crippen molar-refractivity contribution in [2.24, 2.45) is 5.92 Å². The first-order valence-electron chi connectivity index (χ1n) is 3.75. The normalized spacial score (nSPS) is 12.8. The number of rotatable bonds is 4. The van der Waals surface area contributed by atoms with Gasteiger partial charge in [0, 0.05) is 5.75 Å². The van der Waals surface area contributed by atoms with E-state index in [0.29, 0.717) is 5.75 Å². The summed E-state index contributed by atoms with van der Waals surface area (Å²) in [5.41, 5.74) is 0. The summed E-state index contributed by atoms with van der Waals surface area (Å²) in [5, 5.41) is 17.3. The molecule has 0 saturated heterocycles. The lowest BCUT2D eigenvalue weighted by molar-refractivity contribution is -0.140. The predicted molar refractivity (Wildman–Crippen MR) is 52.2 cm³/mol. The largest absolute Gasteiger partial charge is 0.481 e. The molecule has 72 valence electrons. The number of carboxylic acids is 1. The van der Waals surface area contributed by atoms with Crippen LogP contribution in [-0.2, 0) is 4.79 Å². The number of hydrogen-bond donors (Lipinski definition) is 1. The molecule has 0 aromatic carbocycles. The van der Waals surface area contributed by atoms with Crippen molar-refractivity contribution in [1.82, 2.24) is 10.2 Å². The van der Waals surface area contributed by atoms with Crippen LogP contribution in [0.15, 0.2) is 4.34 Å². The fourth-order valence-corrected chi connectivity index (χ4v) is 2.46. The number of carbonyl (C=O) groups is 1. The van der Waals surface area contributed by atoms with Gasteiger partial charge in [-0.3, -0.25) is 4.79 Å². The summed E-state index contributed by atoms with van der Waals surface area (Å²) in [5.74, 6) is -0.563. The average Bonchev–Trinajstić information content (AvgIpc) is 2.47. The molecule has 0 aliphatic carbocycles. The molecule has 6 heteroatoms. The van der Waals surface area contributed by atoms with Crippen molar-refractivity contribution in [2.45, 2.75) is 18.2 Å². The molecule has 0 radical (unpaired) electrons. The maximum atomic E-state index is 10.5. The van der Waals surface area contributed by atoms with Gasteiger partial charge in [-0.1, -0.05) is 30.0 Å². The molecule has 13 heavy (non-hydrogen) atoms. The lowest BCUT2D eigenvalue weighted by Gasteiger charge is -2.01. The molecule has 1 aromatic heterocycles. The monoisotopic (exact) mass is 218 g/mol. The first-order valence-corrected chi connectivity index (χ1v) is 5.55. The molecular weight excluding hydrogens is 208 g/mol. The van der Waals surface area contributed by atoms with Crippen LogP contribution in [0.2, 0.25) is 0 Å². The molecule has 0 spiro atoms. The third kappa shape index (κ3) is 3.31. The minimum absolute atomic E-state index is 0.339. The first kappa shape index (κ1) is 10.5. The van der Waals surface area contributed by atoms with Crippen molar-refractivity contribution in [3.8, 4) is 0 Å². The average molecular weight is 218 g/mol. The van der Waals surface area contributed by atoms with Crippen LogP contribution >= 0.6 is 23.1 Å². The van der Waals surface area contributed by atoms with E-state index in [1.807, 2.05) is 6.92 Å². The summed E-state index contributed by atoms with van der Waals surface area (Å²) in [7, 11) is 0. The number of aliphatic carboxylic acids is 1. The Morgan fingerprint density at radius 2 is 2.38 bits per heavy atom. The maximum Gasteiger partial charge on any atom is 0.307 e. The van der Waals surface area contributed by atoms with Gasteiger partial charge < -0.3 is 5.11 Å². The van der Waals surface area contributed by atoms with Crippen LogP contribution in [0.1, 0.15) is 11.9 Å². The number of nitrogens with zero attached hydrogens (tertiary/aromatic N) is 2. The fraction of sp³-hybridized carbons (Fsp3) is 0.571. The van der Waals surface area contributed by atoms with Crippen LogP contribution in [0.3, 0.4) is 0 Å². The number of thioether (sulfide) groups is 1. The van der Waals surface area contributed by atoms with E-state index >= 15 is 0 Å². The lowest BCUT2D eigenvalue weighted by Crippen LogP contribution is -2.11. The zero-order valence-corrected chi connectivity index (χ0v) is 8.98. The Morgan fingerprint density at radius 3 is 2.85 bits per heavy atom. The van der Waals surface area contributed by atoms with Gasteiger partial charge in [-0.25, -0.2) is 0 Å².